The topological polar surface area (TPSA) is 90.0 Å². The summed E-state index contributed by atoms with van der Waals surface area (Å²) in [5.41, 5.74) is 1.73. The van der Waals surface area contributed by atoms with E-state index in [2.05, 4.69) is 10.3 Å². The fraction of sp³-hybridized carbons (Fsp3) is 0.233. The van der Waals surface area contributed by atoms with Crippen LogP contribution >= 0.6 is 11.6 Å². The van der Waals surface area contributed by atoms with Crippen LogP contribution in [-0.2, 0) is 16.6 Å². The van der Waals surface area contributed by atoms with E-state index in [0.29, 0.717) is 46.3 Å². The molecule has 0 saturated carbocycles. The number of benzene rings is 3. The molecule has 1 N–H and O–H groups in total. The third-order valence-electron chi connectivity index (χ3n) is 6.32. The Balaban J connectivity index is 1.59. The van der Waals surface area contributed by atoms with Crippen molar-refractivity contribution in [1.82, 2.24) is 14.6 Å². The van der Waals surface area contributed by atoms with Gasteiger partial charge >= 0.3 is 0 Å². The number of sulfonamides is 1. The highest BCUT2D eigenvalue weighted by Crippen LogP contribution is 2.39. The summed E-state index contributed by atoms with van der Waals surface area (Å²) in [6, 6.07) is 18.0. The molecule has 4 aromatic rings. The van der Waals surface area contributed by atoms with Crippen LogP contribution in [0.4, 0.5) is 0 Å². The zero-order valence-electron chi connectivity index (χ0n) is 22.6. The number of nitrogens with one attached hydrogen (secondary N) is 1. The van der Waals surface area contributed by atoms with Crippen molar-refractivity contribution in [3.8, 4) is 17.2 Å². The summed E-state index contributed by atoms with van der Waals surface area (Å²) in [5.74, 6) is 1.35. The van der Waals surface area contributed by atoms with Crippen LogP contribution in [0.5, 0.6) is 17.2 Å². The predicted octanol–water partition coefficient (Wildman–Crippen LogP) is 5.41. The van der Waals surface area contributed by atoms with Crippen molar-refractivity contribution in [3.05, 3.63) is 95.3 Å². The largest absolute Gasteiger partial charge is 0.493 e. The Morgan fingerprint density at radius 2 is 1.70 bits per heavy atom. The maximum atomic E-state index is 14.1. The first-order valence-corrected chi connectivity index (χ1v) is 14.4. The van der Waals surface area contributed by atoms with Crippen molar-refractivity contribution < 1.29 is 22.6 Å². The highest BCUT2D eigenvalue weighted by molar-refractivity contribution is 7.89. The fourth-order valence-corrected chi connectivity index (χ4v) is 6.10. The molecule has 0 aliphatic carbocycles. The molecule has 0 spiro atoms. The van der Waals surface area contributed by atoms with Crippen LogP contribution in [0.15, 0.2) is 84.0 Å². The first-order valence-electron chi connectivity index (χ1n) is 12.6. The van der Waals surface area contributed by atoms with Crippen LogP contribution in [-0.4, -0.2) is 58.7 Å². The first-order chi connectivity index (χ1) is 19.4. The van der Waals surface area contributed by atoms with Crippen LogP contribution in [0, 0.1) is 0 Å². The van der Waals surface area contributed by atoms with Gasteiger partial charge in [0.15, 0.2) is 11.5 Å². The molecule has 10 heteroatoms. The van der Waals surface area contributed by atoms with Gasteiger partial charge < -0.3 is 19.5 Å². The van der Waals surface area contributed by atoms with E-state index in [0.717, 1.165) is 10.9 Å². The first kappa shape index (κ1) is 29.4. The van der Waals surface area contributed by atoms with E-state index < -0.39 is 10.0 Å². The number of methoxy groups -OCH3 is 3. The maximum absolute atomic E-state index is 14.1. The van der Waals surface area contributed by atoms with Gasteiger partial charge in [0, 0.05) is 54.4 Å². The molecule has 0 radical (unpaired) electrons. The number of hydrogen-bond donors (Lipinski definition) is 1. The van der Waals surface area contributed by atoms with Crippen molar-refractivity contribution in [2.75, 3.05) is 41.0 Å². The lowest BCUT2D eigenvalue weighted by molar-refractivity contribution is 0.322. The summed E-state index contributed by atoms with van der Waals surface area (Å²) in [6.45, 7) is 1.33. The lowest BCUT2D eigenvalue weighted by Crippen LogP contribution is -2.36. The van der Waals surface area contributed by atoms with Gasteiger partial charge in [0.1, 0.15) is 0 Å². The van der Waals surface area contributed by atoms with Crippen molar-refractivity contribution in [2.45, 2.75) is 11.4 Å². The fourth-order valence-electron chi connectivity index (χ4n) is 4.33. The maximum Gasteiger partial charge on any atom is 0.244 e. The Hall–Kier alpha value is -3.63. The molecular formula is C30H32ClN3O5S. The molecule has 1 heterocycles. The van der Waals surface area contributed by atoms with E-state index in [-0.39, 0.29) is 18.0 Å². The average Bonchev–Trinajstić information content (AvgIpc) is 2.98. The quantitative estimate of drug-likeness (QED) is 0.211. The van der Waals surface area contributed by atoms with Gasteiger partial charge in [-0.05, 0) is 47.5 Å². The highest BCUT2D eigenvalue weighted by atomic mass is 35.5. The van der Waals surface area contributed by atoms with Gasteiger partial charge in [-0.15, -0.1) is 0 Å². The zero-order chi connectivity index (χ0) is 28.5. The van der Waals surface area contributed by atoms with Gasteiger partial charge in [-0.25, -0.2) is 8.42 Å². The number of rotatable bonds is 13. The van der Waals surface area contributed by atoms with Crippen LogP contribution in [0.2, 0.25) is 5.02 Å². The molecule has 0 aliphatic rings. The van der Waals surface area contributed by atoms with E-state index in [1.807, 2.05) is 42.5 Å². The normalized spacial score (nSPS) is 11.8. The SMILES string of the molecule is COc1cc(CN(CCNCC=Cc2ccc(Cl)cc2)S(=O)(=O)c2cccc3cnccc23)cc(OC)c1OC. The van der Waals surface area contributed by atoms with Crippen LogP contribution in [0.25, 0.3) is 16.8 Å². The van der Waals surface area contributed by atoms with Crippen molar-refractivity contribution in [1.29, 1.82) is 0 Å². The average molecular weight is 582 g/mol. The molecule has 0 fully saturated rings. The summed E-state index contributed by atoms with van der Waals surface area (Å²) in [5, 5.41) is 5.36. The van der Waals surface area contributed by atoms with Gasteiger partial charge in [-0.1, -0.05) is 48.0 Å². The number of halogens is 1. The molecule has 0 bridgehead atoms. The van der Waals surface area contributed by atoms with Crippen molar-refractivity contribution >= 4 is 38.5 Å². The molecule has 40 heavy (non-hydrogen) atoms. The van der Waals surface area contributed by atoms with Gasteiger partial charge in [-0.3, -0.25) is 4.98 Å². The molecule has 0 atom stereocenters. The summed E-state index contributed by atoms with van der Waals surface area (Å²) in [4.78, 5) is 4.36. The van der Waals surface area contributed by atoms with Crippen LogP contribution in [0.1, 0.15) is 11.1 Å². The minimum Gasteiger partial charge on any atom is -0.493 e. The van der Waals surface area contributed by atoms with Crippen LogP contribution < -0.4 is 19.5 Å². The van der Waals surface area contributed by atoms with Crippen LogP contribution in [0.3, 0.4) is 0 Å². The second-order valence-corrected chi connectivity index (χ2v) is 11.2. The standard InChI is InChI=1S/C30H32ClN3O5S/c1-37-27-18-23(19-28(38-2)30(27)39-3)21-34(17-16-32-14-5-6-22-9-11-25(31)12-10-22)40(35,36)29-8-4-7-24-20-33-15-13-26(24)29/h4-13,15,18-20,32H,14,16-17,21H2,1-3H3. The summed E-state index contributed by atoms with van der Waals surface area (Å²) in [6.07, 6.45) is 7.23. The second kappa shape index (κ2) is 13.6. The highest BCUT2D eigenvalue weighted by Gasteiger charge is 2.27. The molecule has 0 aliphatic heterocycles. The molecule has 0 saturated heterocycles. The molecule has 3 aromatic carbocycles. The predicted molar refractivity (Wildman–Crippen MR) is 159 cm³/mol. The third kappa shape index (κ3) is 6.92. The minimum atomic E-state index is -3.90. The number of hydrogen-bond acceptors (Lipinski definition) is 7. The van der Waals surface area contributed by atoms with E-state index in [4.69, 9.17) is 25.8 Å². The summed E-state index contributed by atoms with van der Waals surface area (Å²) >= 11 is 5.95. The van der Waals surface area contributed by atoms with Gasteiger partial charge in [-0.2, -0.15) is 4.31 Å². The van der Waals surface area contributed by atoms with E-state index in [1.165, 1.54) is 25.6 Å². The Bertz CT molecular complexity index is 1550. The van der Waals surface area contributed by atoms with Crippen molar-refractivity contribution in [2.24, 2.45) is 0 Å². The van der Waals surface area contributed by atoms with E-state index in [1.54, 1.807) is 42.7 Å². The third-order valence-corrected chi connectivity index (χ3v) is 8.48. The van der Waals surface area contributed by atoms with Gasteiger partial charge in [0.25, 0.3) is 0 Å². The lowest BCUT2D eigenvalue weighted by Gasteiger charge is -2.24. The zero-order valence-corrected chi connectivity index (χ0v) is 24.2. The Labute approximate surface area is 240 Å². The van der Waals surface area contributed by atoms with Crippen molar-refractivity contribution in [3.63, 3.8) is 0 Å². The number of nitrogens with zero attached hydrogens (tertiary/aromatic N) is 2. The Morgan fingerprint density at radius 1 is 0.975 bits per heavy atom. The summed E-state index contributed by atoms with van der Waals surface area (Å²) in [7, 11) is 0.687. The van der Waals surface area contributed by atoms with E-state index >= 15 is 0 Å². The number of ether oxygens (including phenoxy) is 3. The smallest absolute Gasteiger partial charge is 0.244 e. The molecule has 8 nitrogen and oxygen atoms in total. The molecule has 0 unspecified atom stereocenters. The minimum absolute atomic E-state index is 0.100. The number of pyridine rings is 1. The lowest BCUT2D eigenvalue weighted by atomic mass is 10.1. The Morgan fingerprint density at radius 3 is 2.38 bits per heavy atom. The number of aromatic nitrogens is 1. The second-order valence-electron chi connectivity index (χ2n) is 8.88. The summed E-state index contributed by atoms with van der Waals surface area (Å²) < 4.78 is 46.0. The molecule has 4 rings (SSSR count). The molecular weight excluding hydrogens is 550 g/mol. The van der Waals surface area contributed by atoms with Gasteiger partial charge in [0.2, 0.25) is 15.8 Å². The van der Waals surface area contributed by atoms with Gasteiger partial charge in [0.05, 0.1) is 26.2 Å². The Kier molecular flexibility index (Phi) is 10.0. The molecule has 0 amide bonds. The monoisotopic (exact) mass is 581 g/mol. The number of fused-ring (bicyclic) bond motifs is 1. The molecule has 1 aromatic heterocycles. The molecule has 210 valence electrons. The van der Waals surface area contributed by atoms with E-state index in [9.17, 15) is 8.42 Å².